The number of hydrogen-bond acceptors (Lipinski definition) is 11. The first-order valence-corrected chi connectivity index (χ1v) is 29.2. The lowest BCUT2D eigenvalue weighted by atomic mass is 9.95. The van der Waals surface area contributed by atoms with E-state index < -0.39 is 5.60 Å². The summed E-state index contributed by atoms with van der Waals surface area (Å²) in [5, 5.41) is 18.3. The van der Waals surface area contributed by atoms with E-state index in [1.807, 2.05) is 0 Å². The van der Waals surface area contributed by atoms with Gasteiger partial charge in [0.25, 0.3) is 0 Å². The fourth-order valence-electron chi connectivity index (χ4n) is 8.59. The van der Waals surface area contributed by atoms with E-state index >= 15 is 0 Å². The average molecular weight is 1010 g/mol. The molecule has 0 unspecified atom stereocenters. The summed E-state index contributed by atoms with van der Waals surface area (Å²) < 4.78 is 5.21. The van der Waals surface area contributed by atoms with E-state index in [-0.39, 0.29) is 23.7 Å². The largest absolute Gasteiger partial charge is 0.393 e. The molecule has 12 nitrogen and oxygen atoms in total. The number of amides is 1. The summed E-state index contributed by atoms with van der Waals surface area (Å²) in [4.78, 5) is 38.4. The summed E-state index contributed by atoms with van der Waals surface area (Å²) in [7, 11) is 3.61. The monoisotopic (exact) mass is 1010 g/mol. The highest BCUT2D eigenvalue weighted by Crippen LogP contribution is 2.14. The summed E-state index contributed by atoms with van der Waals surface area (Å²) >= 11 is 0. The Morgan fingerprint density at radius 3 is 1.10 bits per heavy atom. The minimum absolute atomic E-state index is 0.0324. The first-order chi connectivity index (χ1) is 33.0. The van der Waals surface area contributed by atoms with Gasteiger partial charge in [-0.2, -0.15) is 0 Å². The van der Waals surface area contributed by atoms with Crippen LogP contribution < -0.4 is 0 Å². The second-order valence-corrected chi connectivity index (χ2v) is 23.6. The molecule has 0 spiro atoms. The van der Waals surface area contributed by atoms with E-state index in [1.165, 1.54) is 105 Å². The maximum absolute atomic E-state index is 11.1. The Balaban J connectivity index is -0.000000746. The number of morpholine rings is 1. The molecule has 0 saturated carbocycles. The molecule has 5 heterocycles. The molecule has 5 rings (SSSR count). The van der Waals surface area contributed by atoms with Crippen LogP contribution in [0.4, 0.5) is 0 Å². The van der Waals surface area contributed by atoms with Crippen molar-refractivity contribution in [3.05, 3.63) is 0 Å². The Hall–Kier alpha value is -1.22. The molecule has 5 aliphatic rings. The van der Waals surface area contributed by atoms with E-state index in [1.54, 1.807) is 32.8 Å². The summed E-state index contributed by atoms with van der Waals surface area (Å²) in [6, 6.07) is 4.38. The zero-order valence-corrected chi connectivity index (χ0v) is 51.6. The van der Waals surface area contributed by atoms with Crippen molar-refractivity contribution in [3.8, 4) is 0 Å². The molecule has 0 bridgehead atoms. The van der Waals surface area contributed by atoms with Crippen LogP contribution in [0.25, 0.3) is 0 Å². The van der Waals surface area contributed by atoms with Gasteiger partial charge in [0.2, 0.25) is 5.91 Å². The average Bonchev–Trinajstić information content (AvgIpc) is 3.84. The van der Waals surface area contributed by atoms with E-state index in [0.29, 0.717) is 30.5 Å². The highest BCUT2D eigenvalue weighted by atomic mass is 16.5. The summed E-state index contributed by atoms with van der Waals surface area (Å²) in [6.45, 7) is 58.8. The fraction of sp³-hybridized carbons (Fsp3) is 0.966. The van der Waals surface area contributed by atoms with Gasteiger partial charge in [-0.05, 0) is 207 Å². The first-order valence-electron chi connectivity index (χ1n) is 29.2. The van der Waals surface area contributed by atoms with Crippen molar-refractivity contribution in [1.82, 2.24) is 34.3 Å². The second kappa shape index (κ2) is 44.0. The number of piperidine rings is 2. The zero-order chi connectivity index (χ0) is 55.3. The molecule has 0 atom stereocenters. The van der Waals surface area contributed by atoms with Crippen LogP contribution in [-0.4, -0.2) is 210 Å². The number of nitrogens with zero attached hydrogens (tertiary/aromatic N) is 7. The minimum atomic E-state index is -1.16. The van der Waals surface area contributed by atoms with Crippen molar-refractivity contribution in [2.45, 2.75) is 257 Å². The van der Waals surface area contributed by atoms with Gasteiger partial charge in [-0.1, -0.05) is 54.4 Å². The van der Waals surface area contributed by atoms with Gasteiger partial charge in [0.05, 0.1) is 19.3 Å². The topological polar surface area (TPSA) is 107 Å². The molecule has 2 N–H and O–H groups in total. The molecule has 0 radical (unpaired) electrons. The number of rotatable bonds is 14. The molecule has 5 aliphatic heterocycles. The normalized spacial score (nSPS) is 18.4. The maximum Gasteiger partial charge on any atom is 0.222 e. The van der Waals surface area contributed by atoms with Crippen LogP contribution >= 0.6 is 0 Å². The van der Waals surface area contributed by atoms with Gasteiger partial charge < -0.3 is 44.3 Å². The number of likely N-dealkylation sites (tertiary alicyclic amines) is 4. The summed E-state index contributed by atoms with van der Waals surface area (Å²) in [5.41, 5.74) is -1.16. The molecule has 0 aromatic heterocycles. The molecule has 0 aromatic carbocycles. The summed E-state index contributed by atoms with van der Waals surface area (Å²) in [6.07, 6.45) is 13.3. The van der Waals surface area contributed by atoms with Gasteiger partial charge in [0.15, 0.2) is 5.78 Å². The Labute approximate surface area is 443 Å². The molecule has 5 fully saturated rings. The molecule has 0 aromatic rings. The Bertz CT molecular complexity index is 1160. The van der Waals surface area contributed by atoms with Crippen molar-refractivity contribution in [3.63, 3.8) is 0 Å². The molecule has 0 aliphatic carbocycles. The van der Waals surface area contributed by atoms with Gasteiger partial charge >= 0.3 is 0 Å². The molecular formula is C59H127N7O5. The van der Waals surface area contributed by atoms with E-state index in [2.05, 4.69) is 140 Å². The van der Waals surface area contributed by atoms with Crippen molar-refractivity contribution in [1.29, 1.82) is 0 Å². The number of Topliss-reactive ketones (excluding diaryl/α,β-unsaturated/α-hetero) is 1. The third kappa shape index (κ3) is 41.7. The van der Waals surface area contributed by atoms with E-state index in [4.69, 9.17) is 9.84 Å². The number of carbonyl (C=O) groups is 2. The van der Waals surface area contributed by atoms with Crippen LogP contribution in [0, 0.1) is 11.8 Å². The van der Waals surface area contributed by atoms with Gasteiger partial charge in [-0.25, -0.2) is 0 Å². The zero-order valence-electron chi connectivity index (χ0n) is 51.6. The third-order valence-corrected chi connectivity index (χ3v) is 14.0. The van der Waals surface area contributed by atoms with Crippen LogP contribution in [0.5, 0.6) is 0 Å². The number of aliphatic hydroxyl groups excluding tert-OH is 1. The van der Waals surface area contributed by atoms with Crippen LogP contribution in [0.3, 0.4) is 0 Å². The van der Waals surface area contributed by atoms with E-state index in [0.717, 1.165) is 83.2 Å². The van der Waals surface area contributed by atoms with Gasteiger partial charge in [-0.3, -0.25) is 14.5 Å². The Morgan fingerprint density at radius 2 is 0.887 bits per heavy atom. The van der Waals surface area contributed by atoms with Crippen molar-refractivity contribution in [2.24, 2.45) is 11.8 Å². The predicted octanol–water partition coefficient (Wildman–Crippen LogP) is 10.7. The third-order valence-electron chi connectivity index (χ3n) is 14.0. The van der Waals surface area contributed by atoms with Gasteiger partial charge in [-0.15, -0.1) is 0 Å². The molecule has 12 heteroatoms. The lowest BCUT2D eigenvalue weighted by Gasteiger charge is -2.34. The number of aliphatic hydroxyl groups is 2. The van der Waals surface area contributed by atoms with E-state index in [9.17, 15) is 14.7 Å². The molecule has 5 saturated heterocycles. The molecule has 71 heavy (non-hydrogen) atoms. The maximum atomic E-state index is 11.1. The minimum Gasteiger partial charge on any atom is -0.393 e. The van der Waals surface area contributed by atoms with Crippen LogP contribution in [0.15, 0.2) is 0 Å². The highest BCUT2D eigenvalue weighted by Gasteiger charge is 2.25. The first kappa shape index (κ1) is 74.0. The van der Waals surface area contributed by atoms with Crippen LogP contribution in [0.2, 0.25) is 0 Å². The summed E-state index contributed by atoms with van der Waals surface area (Å²) in [5.74, 6) is 0.767. The highest BCUT2D eigenvalue weighted by molar-refractivity contribution is 5.87. The van der Waals surface area contributed by atoms with Crippen molar-refractivity contribution in [2.75, 3.05) is 106 Å². The van der Waals surface area contributed by atoms with Crippen molar-refractivity contribution < 1.29 is 24.5 Å². The molecule has 428 valence electrons. The number of hydrogen-bond donors (Lipinski definition) is 2. The van der Waals surface area contributed by atoms with Gasteiger partial charge in [0, 0.05) is 88.9 Å². The van der Waals surface area contributed by atoms with Crippen molar-refractivity contribution >= 4 is 11.7 Å². The molecular weight excluding hydrogens is 887 g/mol. The lowest BCUT2D eigenvalue weighted by Crippen LogP contribution is -2.41. The fourth-order valence-corrected chi connectivity index (χ4v) is 8.59. The van der Waals surface area contributed by atoms with Gasteiger partial charge in [0.1, 0.15) is 5.60 Å². The lowest BCUT2D eigenvalue weighted by molar-refractivity contribution is -0.137. The molecule has 1 amide bonds. The number of ether oxygens (including phenoxy) is 1. The quantitative estimate of drug-likeness (QED) is 0.174. The number of carbonyl (C=O) groups excluding carboxylic acids is 2. The Morgan fingerprint density at radius 1 is 0.549 bits per heavy atom. The predicted molar refractivity (Wildman–Crippen MR) is 309 cm³/mol. The van der Waals surface area contributed by atoms with Crippen LogP contribution in [0.1, 0.15) is 209 Å². The smallest absolute Gasteiger partial charge is 0.222 e. The SMILES string of the molecule is CC(C)C(=O)C(C)(C)O.CC(C)CCCC(=O)N(C)C.CC(C)N1CCC(O)CC1.CC(C)N1CCC1.CC(C)N1CCCC1.CC(C)N1CCCCC1.CC(C)N1CCOCC1.CCN(CC)C(C)C. The van der Waals surface area contributed by atoms with Crippen LogP contribution in [-0.2, 0) is 14.3 Å². The Kier molecular flexibility index (Phi) is 45.8. The number of ketones is 1. The standard InChI is InChI=1S/C9H19NO.C8H17NO.C8H17N.C7H15NO.C7H15N.C7H17N.C7H14O2.C6H13N/c1-8(2)6-5-7-9(11)10(3)4;1-7(2)9-5-3-8(10)4-6-9;1-8(2)9-6-4-3-5-7-9;1-7(2)8-3-5-9-6-4-8;1-7(2)8-5-3-4-6-8;1-5-8(6-2)7(3)4;1-5(2)6(8)7(3,4)9;1-6(2)7-4-3-5-7/h8H,5-7H2,1-4H3;7-8,10H,3-6H2,1-2H3;8H,3-7H2,1-2H3;7H,3-6H2,1-2H3;7H,3-6H2,1-2H3;7H,5-6H2,1-4H3;5,9H,1-4H3;6H,3-5H2,1-2H3. The second-order valence-electron chi connectivity index (χ2n) is 23.6.